The summed E-state index contributed by atoms with van der Waals surface area (Å²) < 4.78 is 7.48. The summed E-state index contributed by atoms with van der Waals surface area (Å²) in [6.45, 7) is 3.79. The highest BCUT2D eigenvalue weighted by atomic mass is 79.9. The van der Waals surface area contributed by atoms with Crippen LogP contribution in [0.4, 0.5) is 0 Å². The fourth-order valence-corrected chi connectivity index (χ4v) is 4.76. The van der Waals surface area contributed by atoms with Crippen molar-refractivity contribution in [2.24, 2.45) is 0 Å². The van der Waals surface area contributed by atoms with Gasteiger partial charge in [-0.05, 0) is 55.3 Å². The molecule has 0 saturated carbocycles. The Kier molecular flexibility index (Phi) is 10.2. The highest BCUT2D eigenvalue weighted by Crippen LogP contribution is 2.28. The van der Waals surface area contributed by atoms with Crippen LogP contribution in [0.3, 0.4) is 0 Å². The normalized spacial score (nSPS) is 11.7. The van der Waals surface area contributed by atoms with Gasteiger partial charge in [-0.1, -0.05) is 85.9 Å². The fourth-order valence-electron chi connectivity index (χ4n) is 3.58. The van der Waals surface area contributed by atoms with E-state index in [4.69, 9.17) is 16.3 Å². The number of benzene rings is 3. The van der Waals surface area contributed by atoms with Crippen LogP contribution in [0.5, 0.6) is 5.75 Å². The van der Waals surface area contributed by atoms with E-state index in [0.29, 0.717) is 17.2 Å². The van der Waals surface area contributed by atoms with Crippen LogP contribution >= 0.6 is 43.5 Å². The zero-order valence-electron chi connectivity index (χ0n) is 19.5. The molecular formula is C27H27Br2ClN2O3. The summed E-state index contributed by atoms with van der Waals surface area (Å²) in [4.78, 5) is 28.5. The first-order valence-corrected chi connectivity index (χ1v) is 13.2. The maximum Gasteiger partial charge on any atom is 0.261 e. The van der Waals surface area contributed by atoms with E-state index >= 15 is 0 Å². The predicted molar refractivity (Wildman–Crippen MR) is 147 cm³/mol. The van der Waals surface area contributed by atoms with Gasteiger partial charge in [0.25, 0.3) is 5.91 Å². The van der Waals surface area contributed by atoms with E-state index in [9.17, 15) is 9.59 Å². The number of hydrogen-bond acceptors (Lipinski definition) is 3. The van der Waals surface area contributed by atoms with Crippen molar-refractivity contribution in [2.75, 3.05) is 6.61 Å². The van der Waals surface area contributed by atoms with Gasteiger partial charge in [0.2, 0.25) is 5.91 Å². The fraction of sp³-hybridized carbons (Fsp3) is 0.259. The topological polar surface area (TPSA) is 58.6 Å². The number of rotatable bonds is 10. The Morgan fingerprint density at radius 2 is 1.63 bits per heavy atom. The monoisotopic (exact) mass is 620 g/mol. The maximum atomic E-state index is 13.6. The molecule has 3 aromatic rings. The van der Waals surface area contributed by atoms with Gasteiger partial charge in [-0.15, -0.1) is 0 Å². The molecular weight excluding hydrogens is 596 g/mol. The molecule has 0 aromatic heterocycles. The van der Waals surface area contributed by atoms with Crippen LogP contribution in [0, 0.1) is 0 Å². The van der Waals surface area contributed by atoms with E-state index in [0.717, 1.165) is 20.1 Å². The van der Waals surface area contributed by atoms with Crippen molar-refractivity contribution < 1.29 is 14.3 Å². The van der Waals surface area contributed by atoms with Gasteiger partial charge in [-0.3, -0.25) is 9.59 Å². The molecule has 1 unspecified atom stereocenters. The van der Waals surface area contributed by atoms with Gasteiger partial charge >= 0.3 is 0 Å². The molecule has 2 amide bonds. The average molecular weight is 623 g/mol. The van der Waals surface area contributed by atoms with E-state index < -0.39 is 6.04 Å². The van der Waals surface area contributed by atoms with Crippen LogP contribution in [0.1, 0.15) is 25.0 Å². The van der Waals surface area contributed by atoms with Crippen LogP contribution in [0.2, 0.25) is 5.02 Å². The smallest absolute Gasteiger partial charge is 0.261 e. The first-order chi connectivity index (χ1) is 16.7. The van der Waals surface area contributed by atoms with Crippen molar-refractivity contribution in [1.82, 2.24) is 10.2 Å². The molecule has 3 rings (SSSR count). The first-order valence-electron chi connectivity index (χ1n) is 11.2. The molecule has 0 aliphatic rings. The van der Waals surface area contributed by atoms with Gasteiger partial charge < -0.3 is 15.0 Å². The zero-order valence-corrected chi connectivity index (χ0v) is 23.4. The third kappa shape index (κ3) is 8.37. The second kappa shape index (κ2) is 13.1. The summed E-state index contributed by atoms with van der Waals surface area (Å²) in [5, 5.41) is 3.37. The van der Waals surface area contributed by atoms with Crippen molar-refractivity contribution in [1.29, 1.82) is 0 Å². The second-order valence-corrected chi connectivity index (χ2v) is 10.6. The molecule has 0 aliphatic heterocycles. The summed E-state index contributed by atoms with van der Waals surface area (Å²) in [5.74, 6) is -0.130. The van der Waals surface area contributed by atoms with Crippen LogP contribution in [-0.4, -0.2) is 35.4 Å². The number of carbonyl (C=O) groups is 2. The van der Waals surface area contributed by atoms with Crippen molar-refractivity contribution in [3.05, 3.63) is 97.9 Å². The van der Waals surface area contributed by atoms with E-state index in [1.165, 1.54) is 0 Å². The molecule has 1 N–H and O–H groups in total. The number of ether oxygens (including phenoxy) is 1. The Balaban J connectivity index is 1.92. The van der Waals surface area contributed by atoms with Crippen LogP contribution in [0.25, 0.3) is 0 Å². The van der Waals surface area contributed by atoms with Gasteiger partial charge in [0, 0.05) is 28.0 Å². The number of nitrogens with one attached hydrogen (secondary N) is 1. The van der Waals surface area contributed by atoms with Crippen LogP contribution in [-0.2, 0) is 22.6 Å². The van der Waals surface area contributed by atoms with E-state index in [2.05, 4.69) is 37.2 Å². The molecule has 0 aliphatic carbocycles. The molecule has 3 aromatic carbocycles. The first kappa shape index (κ1) is 27.2. The molecule has 35 heavy (non-hydrogen) atoms. The minimum absolute atomic E-state index is 0.0681. The van der Waals surface area contributed by atoms with E-state index in [1.54, 1.807) is 23.1 Å². The Morgan fingerprint density at radius 3 is 2.29 bits per heavy atom. The van der Waals surface area contributed by atoms with Gasteiger partial charge in [0.05, 0.1) is 5.02 Å². The second-order valence-electron chi connectivity index (χ2n) is 8.38. The standard InChI is InChI=1S/C27H27Br2ClN2O3/c1-18(2)31-27(34)24(14-19-7-4-3-5-8-19)32(16-20-9-6-10-21(28)13-20)26(33)17-35-25-12-11-22(29)15-23(25)30/h3-13,15,18,24H,14,16-17H2,1-2H3,(H,31,34). The Bertz CT molecular complexity index is 1160. The minimum Gasteiger partial charge on any atom is -0.482 e. The van der Waals surface area contributed by atoms with Gasteiger partial charge in [0.1, 0.15) is 11.8 Å². The number of carbonyl (C=O) groups excluding carboxylic acids is 2. The molecule has 0 bridgehead atoms. The van der Waals surface area contributed by atoms with Crippen molar-refractivity contribution >= 4 is 55.3 Å². The SMILES string of the molecule is CC(C)NC(=O)C(Cc1ccccc1)N(Cc1cccc(Br)c1)C(=O)COc1ccc(Br)cc1Cl. The quantitative estimate of drug-likeness (QED) is 0.285. The molecule has 0 radical (unpaired) electrons. The lowest BCUT2D eigenvalue weighted by molar-refractivity contribution is -0.143. The molecule has 184 valence electrons. The number of nitrogens with zero attached hydrogens (tertiary/aromatic N) is 1. The molecule has 5 nitrogen and oxygen atoms in total. The van der Waals surface area contributed by atoms with Crippen molar-refractivity contribution in [3.8, 4) is 5.75 Å². The Morgan fingerprint density at radius 1 is 0.943 bits per heavy atom. The number of amides is 2. The molecule has 0 heterocycles. The molecule has 8 heteroatoms. The zero-order chi connectivity index (χ0) is 25.4. The lowest BCUT2D eigenvalue weighted by Crippen LogP contribution is -2.52. The highest BCUT2D eigenvalue weighted by molar-refractivity contribution is 9.10. The lowest BCUT2D eigenvalue weighted by Gasteiger charge is -2.32. The van der Waals surface area contributed by atoms with Gasteiger partial charge in [0.15, 0.2) is 6.61 Å². The summed E-state index contributed by atoms with van der Waals surface area (Å²) in [6, 6.07) is 21.8. The van der Waals surface area contributed by atoms with Gasteiger partial charge in [-0.25, -0.2) is 0 Å². The largest absolute Gasteiger partial charge is 0.482 e. The lowest BCUT2D eigenvalue weighted by atomic mass is 10.0. The van der Waals surface area contributed by atoms with Crippen LogP contribution in [0.15, 0.2) is 81.7 Å². The third-order valence-corrected chi connectivity index (χ3v) is 6.47. The number of hydrogen-bond donors (Lipinski definition) is 1. The predicted octanol–water partition coefficient (Wildman–Crippen LogP) is 6.41. The Labute approximate surface area is 228 Å². The molecule has 0 fully saturated rings. The van der Waals surface area contributed by atoms with E-state index in [1.807, 2.05) is 68.4 Å². The van der Waals surface area contributed by atoms with E-state index in [-0.39, 0.29) is 31.0 Å². The Hall–Kier alpha value is -2.35. The maximum absolute atomic E-state index is 13.6. The molecule has 1 atom stereocenters. The summed E-state index contributed by atoms with van der Waals surface area (Å²) in [7, 11) is 0. The summed E-state index contributed by atoms with van der Waals surface area (Å²) in [6.07, 6.45) is 0.373. The van der Waals surface area contributed by atoms with Crippen molar-refractivity contribution in [3.63, 3.8) is 0 Å². The highest BCUT2D eigenvalue weighted by Gasteiger charge is 2.31. The molecule has 0 saturated heterocycles. The minimum atomic E-state index is -0.727. The van der Waals surface area contributed by atoms with Crippen LogP contribution < -0.4 is 10.1 Å². The van der Waals surface area contributed by atoms with Crippen molar-refractivity contribution in [2.45, 2.75) is 38.9 Å². The molecule has 0 spiro atoms. The number of halogens is 3. The average Bonchev–Trinajstić information content (AvgIpc) is 2.81. The summed E-state index contributed by atoms with van der Waals surface area (Å²) >= 11 is 13.1. The third-order valence-electron chi connectivity index (χ3n) is 5.19. The summed E-state index contributed by atoms with van der Waals surface area (Å²) in [5.41, 5.74) is 1.85. The van der Waals surface area contributed by atoms with Gasteiger partial charge in [-0.2, -0.15) is 0 Å².